The molecule has 5 heteroatoms. The van der Waals surface area contributed by atoms with E-state index >= 15 is 0 Å². The fraction of sp³-hybridized carbons (Fsp3) is 0.500. The van der Waals surface area contributed by atoms with Crippen LogP contribution in [0.3, 0.4) is 0 Å². The molecule has 21 heavy (non-hydrogen) atoms. The molecular formula is C16H21NO3S. The van der Waals surface area contributed by atoms with Crippen LogP contribution >= 0.6 is 0 Å². The van der Waals surface area contributed by atoms with Crippen molar-refractivity contribution in [3.05, 3.63) is 35.6 Å². The fourth-order valence-electron chi connectivity index (χ4n) is 3.08. The Kier molecular flexibility index (Phi) is 3.58. The van der Waals surface area contributed by atoms with Crippen molar-refractivity contribution in [2.24, 2.45) is 0 Å². The lowest BCUT2D eigenvalue weighted by molar-refractivity contribution is 0.393. The van der Waals surface area contributed by atoms with E-state index in [0.717, 1.165) is 28.7 Å². The molecule has 0 bridgehead atoms. The summed E-state index contributed by atoms with van der Waals surface area (Å²) < 4.78 is 29.2. The van der Waals surface area contributed by atoms with E-state index in [1.807, 2.05) is 25.1 Å². The van der Waals surface area contributed by atoms with Crippen molar-refractivity contribution in [1.29, 1.82) is 0 Å². The molecule has 0 spiro atoms. The number of hydrogen-bond donors (Lipinski definition) is 1. The van der Waals surface area contributed by atoms with Gasteiger partial charge in [-0.3, -0.25) is 0 Å². The molecule has 1 aliphatic rings. The zero-order valence-corrected chi connectivity index (χ0v) is 13.3. The first-order valence-corrected chi connectivity index (χ1v) is 9.19. The summed E-state index contributed by atoms with van der Waals surface area (Å²) in [5, 5.41) is 4.56. The molecule has 1 saturated heterocycles. The zero-order valence-electron chi connectivity index (χ0n) is 12.5. The Hall–Kier alpha value is -1.33. The molecule has 2 heterocycles. The van der Waals surface area contributed by atoms with Crippen LogP contribution in [0, 0.1) is 0 Å². The van der Waals surface area contributed by atoms with E-state index in [1.165, 1.54) is 0 Å². The van der Waals surface area contributed by atoms with Crippen molar-refractivity contribution < 1.29 is 12.8 Å². The van der Waals surface area contributed by atoms with Crippen LogP contribution in [0.15, 0.2) is 28.7 Å². The lowest BCUT2D eigenvalue weighted by Gasteiger charge is -2.24. The molecule has 1 atom stereocenters. The van der Waals surface area contributed by atoms with Crippen molar-refractivity contribution in [3.8, 4) is 0 Å². The van der Waals surface area contributed by atoms with Gasteiger partial charge in [0.25, 0.3) is 0 Å². The topological polar surface area (TPSA) is 59.3 Å². The van der Waals surface area contributed by atoms with Crippen LogP contribution in [0.2, 0.25) is 0 Å². The second kappa shape index (κ2) is 5.14. The van der Waals surface area contributed by atoms with Crippen molar-refractivity contribution in [3.63, 3.8) is 0 Å². The van der Waals surface area contributed by atoms with Gasteiger partial charge in [0.2, 0.25) is 0 Å². The van der Waals surface area contributed by atoms with Gasteiger partial charge in [-0.25, -0.2) is 8.42 Å². The molecule has 0 amide bonds. The highest BCUT2D eigenvalue weighted by Gasteiger charge is 2.38. The fourth-order valence-corrected chi connectivity index (χ4v) is 5.20. The Balaban J connectivity index is 1.85. The normalized spacial score (nSPS) is 24.7. The van der Waals surface area contributed by atoms with E-state index in [2.05, 4.69) is 18.3 Å². The summed E-state index contributed by atoms with van der Waals surface area (Å²) in [7, 11) is -2.89. The number of hydrogen-bond acceptors (Lipinski definition) is 4. The molecule has 3 rings (SSSR count). The van der Waals surface area contributed by atoms with E-state index in [4.69, 9.17) is 4.42 Å². The van der Waals surface area contributed by atoms with Gasteiger partial charge < -0.3 is 9.73 Å². The SMILES string of the molecule is CCc1oc2ccccc2c1CNC1(C)CCS(=O)(=O)C1. The number of sulfone groups is 1. The van der Waals surface area contributed by atoms with Gasteiger partial charge in [0.1, 0.15) is 11.3 Å². The van der Waals surface area contributed by atoms with Crippen LogP contribution in [0.4, 0.5) is 0 Å². The molecule has 1 aromatic heterocycles. The Bertz CT molecular complexity index is 763. The monoisotopic (exact) mass is 307 g/mol. The van der Waals surface area contributed by atoms with Crippen molar-refractivity contribution in [1.82, 2.24) is 5.32 Å². The van der Waals surface area contributed by atoms with Crippen LogP contribution in [-0.4, -0.2) is 25.5 Å². The second-order valence-electron chi connectivity index (χ2n) is 6.11. The lowest BCUT2D eigenvalue weighted by Crippen LogP contribution is -2.42. The molecule has 0 aliphatic carbocycles. The number of aryl methyl sites for hydroxylation is 1. The van der Waals surface area contributed by atoms with E-state index in [1.54, 1.807) is 0 Å². The molecular weight excluding hydrogens is 286 g/mol. The van der Waals surface area contributed by atoms with E-state index in [-0.39, 0.29) is 17.0 Å². The number of benzene rings is 1. The standard InChI is InChI=1S/C16H21NO3S/c1-3-14-13(12-6-4-5-7-15(12)20-14)10-17-16(2)8-9-21(18,19)11-16/h4-7,17H,3,8-11H2,1-2H3. The van der Waals surface area contributed by atoms with E-state index in [0.29, 0.717) is 13.0 Å². The highest BCUT2D eigenvalue weighted by molar-refractivity contribution is 7.91. The van der Waals surface area contributed by atoms with Crippen LogP contribution < -0.4 is 5.32 Å². The third kappa shape index (κ3) is 2.85. The van der Waals surface area contributed by atoms with Crippen LogP contribution in [-0.2, 0) is 22.8 Å². The van der Waals surface area contributed by atoms with Crippen molar-refractivity contribution >= 4 is 20.8 Å². The van der Waals surface area contributed by atoms with Gasteiger partial charge in [-0.05, 0) is 19.4 Å². The third-order valence-corrected chi connectivity index (χ3v) is 6.20. The summed E-state index contributed by atoms with van der Waals surface area (Å²) in [5.41, 5.74) is 1.72. The average Bonchev–Trinajstić information content (AvgIpc) is 2.94. The maximum atomic E-state index is 11.7. The van der Waals surface area contributed by atoms with Gasteiger partial charge in [-0.15, -0.1) is 0 Å². The first-order chi connectivity index (χ1) is 9.92. The summed E-state index contributed by atoms with van der Waals surface area (Å²) in [6.07, 6.45) is 1.51. The first-order valence-electron chi connectivity index (χ1n) is 7.37. The van der Waals surface area contributed by atoms with E-state index < -0.39 is 9.84 Å². The first kappa shape index (κ1) is 14.6. The number of rotatable bonds is 4. The minimum absolute atomic E-state index is 0.219. The van der Waals surface area contributed by atoms with Crippen molar-refractivity contribution in [2.45, 2.75) is 38.8 Å². The number of nitrogens with one attached hydrogen (secondary N) is 1. The molecule has 0 radical (unpaired) electrons. The van der Waals surface area contributed by atoms with E-state index in [9.17, 15) is 8.42 Å². The summed E-state index contributed by atoms with van der Waals surface area (Å²) >= 11 is 0. The average molecular weight is 307 g/mol. The summed E-state index contributed by atoms with van der Waals surface area (Å²) in [6.45, 7) is 4.71. The molecule has 114 valence electrons. The Morgan fingerprint density at radius 2 is 2.10 bits per heavy atom. The van der Waals surface area contributed by atoms with Crippen molar-refractivity contribution in [2.75, 3.05) is 11.5 Å². The molecule has 1 aliphatic heterocycles. The zero-order chi connectivity index (χ0) is 15.1. The number of fused-ring (bicyclic) bond motifs is 1. The number of furan rings is 1. The van der Waals surface area contributed by atoms with Crippen LogP contribution in [0.5, 0.6) is 0 Å². The minimum atomic E-state index is -2.89. The van der Waals surface area contributed by atoms with Gasteiger partial charge in [0.05, 0.1) is 11.5 Å². The highest BCUT2D eigenvalue weighted by atomic mass is 32.2. The summed E-state index contributed by atoms with van der Waals surface area (Å²) in [5.74, 6) is 1.48. The largest absolute Gasteiger partial charge is 0.461 e. The lowest BCUT2D eigenvalue weighted by atomic mass is 10.0. The van der Waals surface area contributed by atoms with Gasteiger partial charge in [0.15, 0.2) is 9.84 Å². The summed E-state index contributed by atoms with van der Waals surface area (Å²) in [6, 6.07) is 8.00. The van der Waals surface area contributed by atoms with Gasteiger partial charge >= 0.3 is 0 Å². The molecule has 1 N–H and O–H groups in total. The van der Waals surface area contributed by atoms with Gasteiger partial charge in [-0.1, -0.05) is 25.1 Å². The molecule has 1 aromatic carbocycles. The number of para-hydroxylation sites is 1. The molecule has 4 nitrogen and oxygen atoms in total. The maximum Gasteiger partial charge on any atom is 0.152 e. The summed E-state index contributed by atoms with van der Waals surface area (Å²) in [4.78, 5) is 0. The quantitative estimate of drug-likeness (QED) is 0.943. The smallest absolute Gasteiger partial charge is 0.152 e. The predicted molar refractivity (Wildman–Crippen MR) is 84.1 cm³/mol. The maximum absolute atomic E-state index is 11.7. The Labute approximate surface area is 125 Å². The van der Waals surface area contributed by atoms with Gasteiger partial charge in [-0.2, -0.15) is 0 Å². The van der Waals surface area contributed by atoms with Crippen LogP contribution in [0.25, 0.3) is 11.0 Å². The minimum Gasteiger partial charge on any atom is -0.461 e. The Morgan fingerprint density at radius 1 is 1.33 bits per heavy atom. The second-order valence-corrected chi connectivity index (χ2v) is 8.29. The molecule has 1 unspecified atom stereocenters. The highest BCUT2D eigenvalue weighted by Crippen LogP contribution is 2.28. The Morgan fingerprint density at radius 3 is 2.76 bits per heavy atom. The molecule has 2 aromatic rings. The van der Waals surface area contributed by atoms with Gasteiger partial charge in [0, 0.05) is 29.5 Å². The van der Waals surface area contributed by atoms with Crippen LogP contribution in [0.1, 0.15) is 31.6 Å². The third-order valence-electron chi connectivity index (χ3n) is 4.30. The molecule has 0 saturated carbocycles. The molecule has 1 fully saturated rings. The predicted octanol–water partition coefficient (Wildman–Crippen LogP) is 2.66.